The number of amides is 1. The number of fused-ring (bicyclic) bond motifs is 2. The molecule has 2 heterocycles. The maximum Gasteiger partial charge on any atom is 0.264 e. The quantitative estimate of drug-likeness (QED) is 0.696. The minimum atomic E-state index is -3.69. The van der Waals surface area contributed by atoms with Gasteiger partial charge in [-0.15, -0.1) is 0 Å². The first-order chi connectivity index (χ1) is 14.5. The standard InChI is InChI=1S/C22H18N2O5S/c25-22(23-17-7-10-20-21(13-17)29-14-28-20)16-5-8-18(9-6-16)30(26,27)24-12-11-15-3-1-2-4-19(15)24/h1-10,13H,11-12,14H2,(H,23,25). The highest BCUT2D eigenvalue weighted by Gasteiger charge is 2.30. The monoisotopic (exact) mass is 422 g/mol. The first-order valence-corrected chi connectivity index (χ1v) is 10.9. The lowest BCUT2D eigenvalue weighted by Gasteiger charge is -2.19. The van der Waals surface area contributed by atoms with Crippen LogP contribution in [0.25, 0.3) is 0 Å². The number of rotatable bonds is 4. The average molecular weight is 422 g/mol. The summed E-state index contributed by atoms with van der Waals surface area (Å²) in [5.74, 6) is 0.857. The second-order valence-electron chi connectivity index (χ2n) is 7.00. The van der Waals surface area contributed by atoms with Crippen LogP contribution < -0.4 is 19.1 Å². The van der Waals surface area contributed by atoms with Crippen LogP contribution in [0.1, 0.15) is 15.9 Å². The van der Waals surface area contributed by atoms with Crippen LogP contribution >= 0.6 is 0 Å². The van der Waals surface area contributed by atoms with Crippen LogP contribution in [0, 0.1) is 0 Å². The molecule has 0 aliphatic carbocycles. The highest BCUT2D eigenvalue weighted by Crippen LogP contribution is 2.35. The smallest absolute Gasteiger partial charge is 0.264 e. The molecule has 3 aromatic rings. The fourth-order valence-electron chi connectivity index (χ4n) is 3.64. The van der Waals surface area contributed by atoms with E-state index in [4.69, 9.17) is 9.47 Å². The van der Waals surface area contributed by atoms with Gasteiger partial charge >= 0.3 is 0 Å². The SMILES string of the molecule is O=C(Nc1ccc2c(c1)OCO2)c1ccc(S(=O)(=O)N2CCc3ccccc32)cc1. The van der Waals surface area contributed by atoms with E-state index in [1.807, 2.05) is 24.3 Å². The third-order valence-corrected chi connectivity index (χ3v) is 7.01. The molecule has 1 N–H and O–H groups in total. The number of anilines is 2. The van der Waals surface area contributed by atoms with Gasteiger partial charge in [0.2, 0.25) is 6.79 Å². The lowest BCUT2D eigenvalue weighted by Crippen LogP contribution is -2.29. The van der Waals surface area contributed by atoms with Crippen LogP contribution in [-0.4, -0.2) is 27.7 Å². The van der Waals surface area contributed by atoms with Gasteiger partial charge in [0.1, 0.15) is 0 Å². The van der Waals surface area contributed by atoms with Gasteiger partial charge in [0.25, 0.3) is 15.9 Å². The molecule has 0 radical (unpaired) electrons. The van der Waals surface area contributed by atoms with Crippen LogP contribution in [0.15, 0.2) is 71.6 Å². The fraction of sp³-hybridized carbons (Fsp3) is 0.136. The molecule has 0 saturated carbocycles. The Balaban J connectivity index is 1.35. The minimum Gasteiger partial charge on any atom is -0.454 e. The number of sulfonamides is 1. The zero-order chi connectivity index (χ0) is 20.7. The molecule has 30 heavy (non-hydrogen) atoms. The van der Waals surface area contributed by atoms with Gasteiger partial charge in [-0.05, 0) is 54.4 Å². The molecule has 3 aromatic carbocycles. The van der Waals surface area contributed by atoms with Crippen molar-refractivity contribution in [2.45, 2.75) is 11.3 Å². The van der Waals surface area contributed by atoms with Crippen molar-refractivity contribution in [3.8, 4) is 11.5 Å². The lowest BCUT2D eigenvalue weighted by atomic mass is 10.2. The van der Waals surface area contributed by atoms with Crippen LogP contribution in [0.4, 0.5) is 11.4 Å². The molecular weight excluding hydrogens is 404 g/mol. The number of para-hydroxylation sites is 1. The summed E-state index contributed by atoms with van der Waals surface area (Å²) in [5, 5.41) is 2.78. The molecule has 0 unspecified atom stereocenters. The van der Waals surface area contributed by atoms with Crippen LogP contribution in [-0.2, 0) is 16.4 Å². The second kappa shape index (κ2) is 7.07. The maximum absolute atomic E-state index is 13.1. The van der Waals surface area contributed by atoms with E-state index in [0.29, 0.717) is 41.4 Å². The van der Waals surface area contributed by atoms with E-state index < -0.39 is 10.0 Å². The van der Waals surface area contributed by atoms with Crippen molar-refractivity contribution in [2.75, 3.05) is 23.0 Å². The predicted octanol–water partition coefficient (Wildman–Crippen LogP) is 3.42. The molecule has 7 nitrogen and oxygen atoms in total. The number of benzene rings is 3. The molecule has 0 bridgehead atoms. The highest BCUT2D eigenvalue weighted by molar-refractivity contribution is 7.92. The summed E-state index contributed by atoms with van der Waals surface area (Å²) in [7, 11) is -3.69. The molecule has 152 valence electrons. The number of ether oxygens (including phenoxy) is 2. The first-order valence-electron chi connectivity index (χ1n) is 9.44. The van der Waals surface area contributed by atoms with E-state index in [1.165, 1.54) is 28.6 Å². The topological polar surface area (TPSA) is 84.9 Å². The Hall–Kier alpha value is -3.52. The first kappa shape index (κ1) is 18.5. The molecule has 2 aliphatic heterocycles. The summed E-state index contributed by atoms with van der Waals surface area (Å²) in [6.45, 7) is 0.568. The second-order valence-corrected chi connectivity index (χ2v) is 8.86. The Kier molecular flexibility index (Phi) is 4.36. The molecule has 2 aliphatic rings. The Morgan fingerprint density at radius 1 is 0.933 bits per heavy atom. The minimum absolute atomic E-state index is 0.152. The number of nitrogens with one attached hydrogen (secondary N) is 1. The van der Waals surface area contributed by atoms with E-state index in [-0.39, 0.29) is 17.6 Å². The Bertz CT molecular complexity index is 1240. The third kappa shape index (κ3) is 3.15. The van der Waals surface area contributed by atoms with Crippen LogP contribution in [0.5, 0.6) is 11.5 Å². The number of hydrogen-bond donors (Lipinski definition) is 1. The van der Waals surface area contributed by atoms with E-state index in [0.717, 1.165) is 5.56 Å². The molecule has 5 rings (SSSR count). The third-order valence-electron chi connectivity index (χ3n) is 5.18. The number of nitrogens with zero attached hydrogens (tertiary/aromatic N) is 1. The van der Waals surface area contributed by atoms with Gasteiger partial charge in [-0.1, -0.05) is 18.2 Å². The van der Waals surface area contributed by atoms with Crippen molar-refractivity contribution in [3.05, 3.63) is 77.9 Å². The van der Waals surface area contributed by atoms with Crippen LogP contribution in [0.3, 0.4) is 0 Å². The van der Waals surface area contributed by atoms with E-state index in [1.54, 1.807) is 18.2 Å². The number of carbonyl (C=O) groups excluding carboxylic acids is 1. The van der Waals surface area contributed by atoms with Gasteiger partial charge in [0.15, 0.2) is 11.5 Å². The average Bonchev–Trinajstić information content (AvgIpc) is 3.40. The van der Waals surface area contributed by atoms with Gasteiger partial charge < -0.3 is 14.8 Å². The van der Waals surface area contributed by atoms with Crippen molar-refractivity contribution in [1.82, 2.24) is 0 Å². The van der Waals surface area contributed by atoms with E-state index >= 15 is 0 Å². The molecule has 0 atom stereocenters. The molecule has 8 heteroatoms. The fourth-order valence-corrected chi connectivity index (χ4v) is 5.14. The normalized spacial score (nSPS) is 14.5. The van der Waals surface area contributed by atoms with Gasteiger partial charge in [-0.2, -0.15) is 0 Å². The molecule has 0 saturated heterocycles. The van der Waals surface area contributed by atoms with Gasteiger partial charge in [0, 0.05) is 23.9 Å². The Morgan fingerprint density at radius 3 is 2.53 bits per heavy atom. The van der Waals surface area contributed by atoms with E-state index in [2.05, 4.69) is 5.32 Å². The largest absolute Gasteiger partial charge is 0.454 e. The summed E-state index contributed by atoms with van der Waals surface area (Å²) in [6.07, 6.45) is 0.686. The van der Waals surface area contributed by atoms with Gasteiger partial charge in [-0.3, -0.25) is 9.10 Å². The zero-order valence-corrected chi connectivity index (χ0v) is 16.7. The highest BCUT2D eigenvalue weighted by atomic mass is 32.2. The summed E-state index contributed by atoms with van der Waals surface area (Å²) in [6, 6.07) is 18.6. The molecule has 0 fully saturated rings. The van der Waals surface area contributed by atoms with Gasteiger partial charge in [-0.25, -0.2) is 8.42 Å². The van der Waals surface area contributed by atoms with E-state index in [9.17, 15) is 13.2 Å². The number of hydrogen-bond acceptors (Lipinski definition) is 5. The predicted molar refractivity (Wildman–Crippen MR) is 112 cm³/mol. The zero-order valence-electron chi connectivity index (χ0n) is 15.9. The van der Waals surface area contributed by atoms with Crippen molar-refractivity contribution in [3.63, 3.8) is 0 Å². The molecule has 1 amide bonds. The van der Waals surface area contributed by atoms with Crippen molar-refractivity contribution >= 4 is 27.3 Å². The summed E-state index contributed by atoms with van der Waals surface area (Å²) in [4.78, 5) is 12.7. The van der Waals surface area contributed by atoms with Crippen molar-refractivity contribution in [1.29, 1.82) is 0 Å². The summed E-state index contributed by atoms with van der Waals surface area (Å²) < 4.78 is 38.1. The molecule has 0 spiro atoms. The molecule has 0 aromatic heterocycles. The maximum atomic E-state index is 13.1. The Labute approximate surface area is 173 Å². The van der Waals surface area contributed by atoms with Crippen LogP contribution in [0.2, 0.25) is 0 Å². The lowest BCUT2D eigenvalue weighted by molar-refractivity contribution is 0.102. The summed E-state index contributed by atoms with van der Waals surface area (Å²) in [5.41, 5.74) is 2.64. The summed E-state index contributed by atoms with van der Waals surface area (Å²) >= 11 is 0. The molecular formula is C22H18N2O5S. The van der Waals surface area contributed by atoms with Gasteiger partial charge in [0.05, 0.1) is 10.6 Å². The number of carbonyl (C=O) groups is 1. The Morgan fingerprint density at radius 2 is 1.70 bits per heavy atom. The van der Waals surface area contributed by atoms with Crippen molar-refractivity contribution < 1.29 is 22.7 Å². The van der Waals surface area contributed by atoms with Crippen molar-refractivity contribution in [2.24, 2.45) is 0 Å².